The monoisotopic (exact) mass is 1820 g/mol. The number of aliphatic hydroxyl groups is 2. The molecule has 8 nitrogen and oxygen atoms in total. The second kappa shape index (κ2) is 38.3. The summed E-state index contributed by atoms with van der Waals surface area (Å²) >= 11 is 0. The first-order valence-electron chi connectivity index (χ1n) is 54.8. The van der Waals surface area contributed by atoms with Crippen molar-refractivity contribution in [2.45, 2.75) is 451 Å². The first kappa shape index (κ1) is 105. The van der Waals surface area contributed by atoms with E-state index < -0.39 is 16.9 Å². The Morgan fingerprint density at radius 2 is 0.614 bits per heavy atom. The lowest BCUT2D eigenvalue weighted by Gasteiger charge is -2.69. The van der Waals surface area contributed by atoms with Gasteiger partial charge in [0.1, 0.15) is 0 Å². The number of carbonyl (C=O) groups excluding carboxylic acids is 3. The molecule has 0 bridgehead atoms. The smallest absolute Gasteiger partial charge is 0.315 e. The van der Waals surface area contributed by atoms with Gasteiger partial charge in [-0.3, -0.25) is 14.4 Å². The Hall–Kier alpha value is -4.27. The molecule has 0 heterocycles. The number of aliphatic hydroxyl groups excluding tert-OH is 2. The van der Waals surface area contributed by atoms with Crippen LogP contribution in [0, 0.1) is 164 Å². The molecule has 14 saturated carbocycles. The van der Waals surface area contributed by atoms with Gasteiger partial charge in [0.15, 0.2) is 0 Å². The van der Waals surface area contributed by atoms with Gasteiger partial charge in [-0.05, 0) is 490 Å². The number of carbonyl (C=O) groups is 3. The van der Waals surface area contributed by atoms with Crippen molar-refractivity contribution in [1.29, 1.82) is 0 Å². The summed E-state index contributed by atoms with van der Waals surface area (Å²) in [7, 11) is 4.63. The Balaban J connectivity index is 0.000000150. The molecule has 16 rings (SSSR count). The quantitative estimate of drug-likeness (QED) is 0.0891. The number of ether oxygens (including phenoxy) is 3. The minimum absolute atomic E-state index is 0.0334. The van der Waals surface area contributed by atoms with Crippen molar-refractivity contribution >= 4 is 17.9 Å². The second-order valence-electron chi connectivity index (χ2n) is 53.7. The summed E-state index contributed by atoms with van der Waals surface area (Å²) in [5, 5.41) is 21.3. The van der Waals surface area contributed by atoms with Crippen LogP contribution in [-0.4, -0.2) is 62.2 Å². The van der Waals surface area contributed by atoms with Crippen molar-refractivity contribution in [2.24, 2.45) is 164 Å². The van der Waals surface area contributed by atoms with Crippen LogP contribution >= 0.6 is 0 Å². The van der Waals surface area contributed by atoms with E-state index in [1.165, 1.54) is 222 Å². The molecule has 0 radical (unpaired) electrons. The first-order chi connectivity index (χ1) is 61.7. The largest absolute Gasteiger partial charge is 0.469 e. The van der Waals surface area contributed by atoms with Crippen LogP contribution in [0.5, 0.6) is 0 Å². The summed E-state index contributed by atoms with van der Waals surface area (Å²) in [6, 6.07) is 0. The average Bonchev–Trinajstić information content (AvgIpc) is 1.73. The van der Waals surface area contributed by atoms with Crippen LogP contribution in [0.4, 0.5) is 0 Å². The summed E-state index contributed by atoms with van der Waals surface area (Å²) in [5.41, 5.74) is 21.7. The van der Waals surface area contributed by atoms with Gasteiger partial charge in [0, 0.05) is 5.41 Å². The van der Waals surface area contributed by atoms with Crippen LogP contribution in [0.3, 0.4) is 0 Å². The molecule has 742 valence electrons. The summed E-state index contributed by atoms with van der Waals surface area (Å²) < 4.78 is 16.1. The first-order valence-corrected chi connectivity index (χ1v) is 54.8. The van der Waals surface area contributed by atoms with Gasteiger partial charge in [-0.25, -0.2) is 0 Å². The Labute approximate surface area is 809 Å². The molecule has 16 aliphatic rings. The number of hydrogen-bond donors (Lipinski definition) is 2. The third-order valence-corrected chi connectivity index (χ3v) is 47.4. The fourth-order valence-electron chi connectivity index (χ4n) is 39.0. The van der Waals surface area contributed by atoms with Gasteiger partial charge in [0.05, 0.1) is 50.3 Å². The van der Waals surface area contributed by atoms with E-state index in [9.17, 15) is 24.6 Å². The highest BCUT2D eigenvalue weighted by Crippen LogP contribution is 2.81. The molecule has 16 aliphatic carbocycles. The van der Waals surface area contributed by atoms with Gasteiger partial charge in [-0.1, -0.05) is 212 Å². The van der Waals surface area contributed by atoms with E-state index in [4.69, 9.17) is 14.2 Å². The van der Waals surface area contributed by atoms with Crippen molar-refractivity contribution in [1.82, 2.24) is 0 Å². The molecular formula is C124H198O8. The molecule has 0 aromatic heterocycles. The topological polar surface area (TPSA) is 119 Å². The van der Waals surface area contributed by atoms with Crippen LogP contribution in [0.25, 0.3) is 0 Å². The highest BCUT2D eigenvalue weighted by Gasteiger charge is 2.75. The van der Waals surface area contributed by atoms with Gasteiger partial charge in [0.2, 0.25) is 0 Å². The lowest BCUT2D eigenvalue weighted by Crippen LogP contribution is -2.65. The lowest BCUT2D eigenvalue weighted by atomic mass is 9.35. The van der Waals surface area contributed by atoms with Crippen LogP contribution < -0.4 is 0 Å². The summed E-state index contributed by atoms with van der Waals surface area (Å²) in [6.07, 6.45) is 65.2. The van der Waals surface area contributed by atoms with E-state index in [1.807, 2.05) is 18.1 Å². The van der Waals surface area contributed by atoms with Gasteiger partial charge in [0.25, 0.3) is 0 Å². The molecule has 30 atom stereocenters. The second-order valence-corrected chi connectivity index (χ2v) is 53.7. The zero-order valence-corrected chi connectivity index (χ0v) is 91.1. The number of esters is 3. The van der Waals surface area contributed by atoms with E-state index in [2.05, 4.69) is 242 Å². The molecular weight excluding hydrogens is 1620 g/mol. The van der Waals surface area contributed by atoms with Crippen molar-refractivity contribution < 1.29 is 38.8 Å². The number of allylic oxidation sites excluding steroid dienone is 18. The van der Waals surface area contributed by atoms with Crippen molar-refractivity contribution in [3.05, 3.63) is 115 Å². The molecule has 10 unspecified atom stereocenters. The molecule has 2 N–H and O–H groups in total. The van der Waals surface area contributed by atoms with E-state index in [0.717, 1.165) is 68.6 Å². The molecule has 0 spiro atoms. The molecule has 0 saturated heterocycles. The van der Waals surface area contributed by atoms with E-state index >= 15 is 0 Å². The van der Waals surface area contributed by atoms with Crippen LogP contribution in [0.1, 0.15) is 445 Å². The predicted octanol–water partition coefficient (Wildman–Crippen LogP) is 33.2. The third-order valence-electron chi connectivity index (χ3n) is 47.4. The van der Waals surface area contributed by atoms with Crippen molar-refractivity contribution in [3.8, 4) is 0 Å². The molecule has 0 aliphatic heterocycles. The maximum Gasteiger partial charge on any atom is 0.315 e. The Kier molecular flexibility index (Phi) is 30.5. The molecule has 132 heavy (non-hydrogen) atoms. The maximum atomic E-state index is 13.2. The van der Waals surface area contributed by atoms with Crippen LogP contribution in [0.2, 0.25) is 0 Å². The van der Waals surface area contributed by atoms with Gasteiger partial charge in [-0.15, -0.1) is 0 Å². The van der Waals surface area contributed by atoms with Crippen LogP contribution in [-0.2, 0) is 28.6 Å². The van der Waals surface area contributed by atoms with E-state index in [-0.39, 0.29) is 56.3 Å². The van der Waals surface area contributed by atoms with Gasteiger partial charge in [-0.2, -0.15) is 0 Å². The average molecular weight is 1820 g/mol. The lowest BCUT2D eigenvalue weighted by molar-refractivity contribution is -0.228. The third kappa shape index (κ3) is 16.7. The van der Waals surface area contributed by atoms with Gasteiger partial charge < -0.3 is 24.4 Å². The molecule has 0 aromatic rings. The molecule has 14 fully saturated rings. The Morgan fingerprint density at radius 3 is 0.939 bits per heavy atom. The Morgan fingerprint density at radius 1 is 0.326 bits per heavy atom. The highest BCUT2D eigenvalue weighted by atomic mass is 16.5. The SMILES string of the molecule is CC(C)=CCC/C(C)=C1/CC[C@@]2(C)[C@H]1CC[C@H]1[C@@]3(C)CC=C[C@](C)(CO)[C@@H]3CC[C@@]12C.COC(=O)[C@@]1(C)C(O)CC[C@@]2(C)C1CC[C@@]1(C)C2CCC2/C(=C(/C)CCC=C(C)C)CC[C@@]21C.COC(=O)[C@@]1(C)C=CC[C@]2(C)C3CCC4/C(=C(/C)CCC=C(C)C)CC[C@]4(C)[C@@]3(C)CCC21.COC(=O)[C@]1(C)C2CC[C@@]3(C)C(CCC4/C(=C(/C)CCC=C(C)C)CC[C@@]43C)[C@@]2(C)CC[C@@H]1C. The standard InChI is InChI=1S/C32H52O2.C31H50O3.C31H48O2.C30H48O/c1-21(2)11-10-12-22(3)24-16-19-30(6)25(24)13-14-26-29(5)18-15-23(4)32(8,28(33)34-9)27(29)17-20-31(26,30)7;1-20(2)10-9-11-21(3)22-14-18-29(5)23(22)12-13-24-28(4)17-16-26(32)31(7,27(33)34-8)25(28)15-19-30(24,29)6;1-21(2)11-9-12-22(3)23-15-19-30(6)24(23)13-14-26-28(4)17-10-18-29(5,27(32)33-8)25(28)16-20-31(26,30)7;1-21(2)10-8-11-22(3)23-14-18-29(6)24(23)12-13-26-28(5)17-9-16-27(4,20-31)25(28)15-19-30(26,29)7/h11,23,25-27H,10,12-20H2,1-9H3;10,23-26,32H,9,11-19H2,1-8H3;10-11,18,24-26H,9,12-17,19-20H2,1-8H3;9-10,16,24-26,31H,8,11-15,17-20H2,1-7H3/b24-22-;22-21-;2*23-22-/t23-,25?,26?,27?,29+,30-,31-,32-;23?,24?,25?,26?,28-,29+,30+,31-;24?,25?,26?,28-,29-,30-,31-;24-,25-,26-,27+,28-,29-,30-/m0100/s1. The minimum atomic E-state index is -0.789. The van der Waals surface area contributed by atoms with E-state index in [0.29, 0.717) is 104 Å². The molecule has 8 heteroatoms. The normalized spacial score (nSPS) is 47.0. The summed E-state index contributed by atoms with van der Waals surface area (Å²) in [5.74, 6) is 7.59. The Bertz CT molecular complexity index is 4440. The molecule has 0 aromatic carbocycles. The number of rotatable bonds is 16. The van der Waals surface area contributed by atoms with Gasteiger partial charge >= 0.3 is 17.9 Å². The number of fused-ring (bicyclic) bond motifs is 20. The number of methoxy groups -OCH3 is 3. The zero-order valence-electron chi connectivity index (χ0n) is 91.1. The minimum Gasteiger partial charge on any atom is -0.469 e. The predicted molar refractivity (Wildman–Crippen MR) is 552 cm³/mol. The molecule has 0 amide bonds. The fourth-order valence-corrected chi connectivity index (χ4v) is 39.0. The van der Waals surface area contributed by atoms with E-state index in [1.54, 1.807) is 47.7 Å². The van der Waals surface area contributed by atoms with Crippen molar-refractivity contribution in [2.75, 3.05) is 27.9 Å². The fraction of sp³-hybridized carbons (Fsp3) is 0.815. The summed E-state index contributed by atoms with van der Waals surface area (Å²) in [4.78, 5) is 39.2. The van der Waals surface area contributed by atoms with Crippen molar-refractivity contribution in [3.63, 3.8) is 0 Å². The number of hydrogen-bond acceptors (Lipinski definition) is 8. The van der Waals surface area contributed by atoms with Crippen LogP contribution in [0.15, 0.2) is 115 Å². The summed E-state index contributed by atoms with van der Waals surface area (Å²) in [6.45, 7) is 70.0. The highest BCUT2D eigenvalue weighted by molar-refractivity contribution is 5.80. The zero-order chi connectivity index (χ0) is 97.1. The maximum absolute atomic E-state index is 13.2.